The average Bonchev–Trinajstić information content (AvgIpc) is 2.92. The Balaban J connectivity index is 2.15. The predicted octanol–water partition coefficient (Wildman–Crippen LogP) is 3.40. The molecule has 200 valence electrons. The summed E-state index contributed by atoms with van der Waals surface area (Å²) in [5.74, 6) is -1.45. The van der Waals surface area contributed by atoms with Gasteiger partial charge in [0.2, 0.25) is 5.72 Å². The van der Waals surface area contributed by atoms with Crippen LogP contribution in [0.3, 0.4) is 0 Å². The number of rotatable bonds is 7. The molecule has 11 nitrogen and oxygen atoms in total. The normalized spacial score (nSPS) is 25.4. The number of aliphatic hydroxyl groups is 2. The van der Waals surface area contributed by atoms with Gasteiger partial charge in [-0.05, 0) is 37.0 Å². The summed E-state index contributed by atoms with van der Waals surface area (Å²) >= 11 is -2.60. The van der Waals surface area contributed by atoms with Gasteiger partial charge in [-0.1, -0.05) is 41.5 Å². The summed E-state index contributed by atoms with van der Waals surface area (Å²) in [6.45, 7) is 12.9. The topological polar surface area (TPSA) is 164 Å². The number of anilines is 2. The van der Waals surface area contributed by atoms with E-state index in [-0.39, 0.29) is 46.7 Å². The molecule has 2 aliphatic heterocycles. The Kier molecular flexibility index (Phi) is 7.53. The lowest BCUT2D eigenvalue weighted by atomic mass is 9.80. The molecule has 4 N–H and O–H groups in total. The fourth-order valence-corrected chi connectivity index (χ4v) is 6.25. The van der Waals surface area contributed by atoms with Crippen LogP contribution in [0.5, 0.6) is 0 Å². The van der Waals surface area contributed by atoms with Gasteiger partial charge >= 0.3 is 7.52 Å². The van der Waals surface area contributed by atoms with Crippen molar-refractivity contribution in [2.75, 3.05) is 23.2 Å². The van der Waals surface area contributed by atoms with Crippen LogP contribution in [0.25, 0.3) is 0 Å². The highest BCUT2D eigenvalue weighted by molar-refractivity contribution is 7.80. The molecule has 0 bridgehead atoms. The Morgan fingerprint density at radius 1 is 1.28 bits per heavy atom. The van der Waals surface area contributed by atoms with E-state index >= 15 is 0 Å². The zero-order valence-corrected chi connectivity index (χ0v) is 23.2. The number of fused-ring (bicyclic) bond motifs is 1. The standard InChI is InChI=1S/C23H35N4O7PS/c1-8-34-35(31)16-13-14(26-36(32)33)9-10-15(16)24-19(25-35)17-18(28)23(30,22(5,6)7)27(20(17)29)12-11-21(2,3)4/h9-10,13,26,28,30H,8,11-12H2,1-7H3,(H,32,33)(H,24,25,31)/p-1. The third-order valence-electron chi connectivity index (χ3n) is 6.08. The molecule has 1 amide bonds. The monoisotopic (exact) mass is 541 g/mol. The molecule has 0 aromatic heterocycles. The second-order valence-electron chi connectivity index (χ2n) is 11.0. The van der Waals surface area contributed by atoms with Crippen LogP contribution in [0.2, 0.25) is 0 Å². The fraction of sp³-hybridized carbons (Fsp3) is 0.565. The molecular weight excluding hydrogens is 507 g/mol. The number of aliphatic hydroxyl groups excluding tert-OH is 1. The number of carbonyl (C=O) groups is 1. The van der Waals surface area contributed by atoms with Crippen LogP contribution < -0.4 is 15.3 Å². The molecular formula is C23H34N4O7PS-. The van der Waals surface area contributed by atoms with Gasteiger partial charge in [0.25, 0.3) is 5.91 Å². The molecule has 2 aliphatic rings. The van der Waals surface area contributed by atoms with Crippen molar-refractivity contribution in [3.63, 3.8) is 0 Å². The van der Waals surface area contributed by atoms with E-state index in [1.165, 1.54) is 23.1 Å². The average molecular weight is 542 g/mol. The van der Waals surface area contributed by atoms with E-state index in [1.807, 2.05) is 20.8 Å². The van der Waals surface area contributed by atoms with Crippen molar-refractivity contribution in [3.05, 3.63) is 29.5 Å². The zero-order valence-electron chi connectivity index (χ0n) is 21.5. The molecule has 3 rings (SSSR count). The zero-order chi connectivity index (χ0) is 27.3. The summed E-state index contributed by atoms with van der Waals surface area (Å²) in [6.07, 6.45) is 0.550. The minimum Gasteiger partial charge on any atom is -0.755 e. The van der Waals surface area contributed by atoms with E-state index in [0.717, 1.165) is 0 Å². The quantitative estimate of drug-likeness (QED) is 0.301. The van der Waals surface area contributed by atoms with E-state index in [0.29, 0.717) is 6.42 Å². The van der Waals surface area contributed by atoms with Gasteiger partial charge in [-0.25, -0.2) is 0 Å². The van der Waals surface area contributed by atoms with Gasteiger partial charge in [-0.15, -0.1) is 0 Å². The van der Waals surface area contributed by atoms with Crippen LogP contribution in [0.1, 0.15) is 54.9 Å². The second kappa shape index (κ2) is 9.57. The molecule has 1 aromatic rings. The van der Waals surface area contributed by atoms with Crippen molar-refractivity contribution < 1.29 is 32.9 Å². The Labute approximate surface area is 213 Å². The van der Waals surface area contributed by atoms with Crippen LogP contribution in [0.15, 0.2) is 34.3 Å². The fourth-order valence-electron chi connectivity index (χ4n) is 4.12. The molecule has 0 saturated heterocycles. The van der Waals surface area contributed by atoms with Crippen LogP contribution in [-0.4, -0.2) is 54.5 Å². The van der Waals surface area contributed by atoms with E-state index in [4.69, 9.17) is 4.52 Å². The first-order chi connectivity index (χ1) is 16.4. The third-order valence-corrected chi connectivity index (χ3v) is 8.53. The number of hydrogen-bond acceptors (Lipinski definition) is 8. The molecule has 2 heterocycles. The molecule has 0 fully saturated rings. The Hall–Kier alpha value is -2.24. The molecule has 3 unspecified atom stereocenters. The van der Waals surface area contributed by atoms with Gasteiger partial charge in [-0.3, -0.25) is 13.6 Å². The number of nitrogens with zero attached hydrogens (tertiary/aromatic N) is 2. The van der Waals surface area contributed by atoms with Gasteiger partial charge in [0.05, 0.1) is 17.6 Å². The van der Waals surface area contributed by atoms with Gasteiger partial charge in [-0.2, -0.15) is 4.76 Å². The number of amides is 1. The maximum absolute atomic E-state index is 13.8. The first kappa shape index (κ1) is 28.3. The Morgan fingerprint density at radius 2 is 1.92 bits per heavy atom. The minimum atomic E-state index is -3.99. The van der Waals surface area contributed by atoms with Crippen LogP contribution in [0, 0.1) is 10.8 Å². The Bertz CT molecular complexity index is 1200. The summed E-state index contributed by atoms with van der Waals surface area (Å²) in [4.78, 5) is 14.9. The summed E-state index contributed by atoms with van der Waals surface area (Å²) in [5, 5.41) is 26.0. The van der Waals surface area contributed by atoms with E-state index in [9.17, 15) is 28.3 Å². The lowest BCUT2D eigenvalue weighted by molar-refractivity contribution is -0.173. The molecule has 1 aromatic carbocycles. The third kappa shape index (κ3) is 5.10. The molecule has 13 heteroatoms. The minimum absolute atomic E-state index is 0.0151. The smallest absolute Gasteiger partial charge is 0.348 e. The predicted molar refractivity (Wildman–Crippen MR) is 139 cm³/mol. The maximum atomic E-state index is 13.8. The van der Waals surface area contributed by atoms with Crippen molar-refractivity contribution in [2.45, 2.75) is 60.6 Å². The van der Waals surface area contributed by atoms with Crippen LogP contribution in [-0.2, 0) is 25.1 Å². The lowest BCUT2D eigenvalue weighted by Gasteiger charge is -2.44. The lowest BCUT2D eigenvalue weighted by Crippen LogP contribution is -2.57. The number of carbonyl (C=O) groups excluding carboxylic acids is 1. The summed E-state index contributed by atoms with van der Waals surface area (Å²) in [7, 11) is -3.99. The highest BCUT2D eigenvalue weighted by atomic mass is 32.2. The molecule has 0 saturated carbocycles. The highest BCUT2D eigenvalue weighted by Gasteiger charge is 2.59. The van der Waals surface area contributed by atoms with Gasteiger partial charge in [0.1, 0.15) is 5.57 Å². The van der Waals surface area contributed by atoms with Gasteiger partial charge in [0, 0.05) is 28.9 Å². The molecule has 0 radical (unpaired) electrons. The highest BCUT2D eigenvalue weighted by Crippen LogP contribution is 2.54. The largest absolute Gasteiger partial charge is 0.755 e. The SMILES string of the molecule is CCOP1(=O)N=C(C2=C(O)C(O)(C(C)(C)C)N(CCC(C)(C)C)C2=O)Nc2ccc(NS(=O)[O-])cc21. The van der Waals surface area contributed by atoms with Crippen molar-refractivity contribution in [1.82, 2.24) is 4.90 Å². The van der Waals surface area contributed by atoms with E-state index in [1.54, 1.807) is 27.7 Å². The summed E-state index contributed by atoms with van der Waals surface area (Å²) < 4.78 is 47.9. The maximum Gasteiger partial charge on any atom is 0.348 e. The summed E-state index contributed by atoms with van der Waals surface area (Å²) in [6, 6.07) is 4.24. The van der Waals surface area contributed by atoms with E-state index < -0.39 is 41.6 Å². The number of nitrogens with one attached hydrogen (secondary N) is 2. The number of hydrogen-bond donors (Lipinski definition) is 4. The van der Waals surface area contributed by atoms with Crippen LogP contribution in [0.4, 0.5) is 11.4 Å². The Morgan fingerprint density at radius 3 is 2.44 bits per heavy atom. The molecule has 3 atom stereocenters. The van der Waals surface area contributed by atoms with Crippen molar-refractivity contribution >= 4 is 47.2 Å². The molecule has 0 aliphatic carbocycles. The number of benzene rings is 1. The van der Waals surface area contributed by atoms with Crippen molar-refractivity contribution in [3.8, 4) is 0 Å². The second-order valence-corrected chi connectivity index (χ2v) is 13.6. The molecule has 0 spiro atoms. The summed E-state index contributed by atoms with van der Waals surface area (Å²) in [5.41, 5.74) is -3.04. The van der Waals surface area contributed by atoms with Crippen molar-refractivity contribution in [1.29, 1.82) is 0 Å². The van der Waals surface area contributed by atoms with Crippen molar-refractivity contribution in [2.24, 2.45) is 15.6 Å². The molecule has 36 heavy (non-hydrogen) atoms. The number of amidine groups is 1. The first-order valence-corrected chi connectivity index (χ1v) is 14.2. The first-order valence-electron chi connectivity index (χ1n) is 11.6. The van der Waals surface area contributed by atoms with Gasteiger partial charge in [0.15, 0.2) is 11.6 Å². The van der Waals surface area contributed by atoms with Crippen LogP contribution >= 0.6 is 7.52 Å². The van der Waals surface area contributed by atoms with E-state index in [2.05, 4.69) is 14.8 Å². The van der Waals surface area contributed by atoms with Gasteiger partial charge < -0.3 is 34.2 Å².